The van der Waals surface area contributed by atoms with E-state index in [1.54, 1.807) is 6.07 Å². The smallest absolute Gasteiger partial charge is 0.273 e. The molecule has 2 heterocycles. The molecule has 0 amide bonds. The highest BCUT2D eigenvalue weighted by molar-refractivity contribution is 7.89. The molecule has 0 aromatic carbocycles. The zero-order valence-electron chi connectivity index (χ0n) is 9.32. The Balaban J connectivity index is 2.60. The van der Waals surface area contributed by atoms with Gasteiger partial charge in [-0.05, 0) is 19.1 Å². The lowest BCUT2D eigenvalue weighted by Crippen LogP contribution is -2.17. The molecule has 0 unspecified atom stereocenters. The fourth-order valence-corrected chi connectivity index (χ4v) is 2.08. The fraction of sp³-hybridized carbons (Fsp3) is 0.222. The number of primary sulfonamides is 1. The van der Waals surface area contributed by atoms with Gasteiger partial charge < -0.3 is 0 Å². The first-order chi connectivity index (χ1) is 7.89. The van der Waals surface area contributed by atoms with E-state index in [0.29, 0.717) is 11.5 Å². The van der Waals surface area contributed by atoms with Crippen molar-refractivity contribution in [2.45, 2.75) is 12.1 Å². The Labute approximate surface area is 98.4 Å². The number of hydrogen-bond acceptors (Lipinski definition) is 5. The molecule has 17 heavy (non-hydrogen) atoms. The maximum absolute atomic E-state index is 11.2. The molecule has 0 spiro atoms. The Morgan fingerprint density at radius 1 is 1.29 bits per heavy atom. The predicted octanol–water partition coefficient (Wildman–Crippen LogP) is -0.167. The first-order valence-electron chi connectivity index (χ1n) is 4.76. The van der Waals surface area contributed by atoms with Crippen LogP contribution in [0.25, 0.3) is 11.5 Å². The maximum Gasteiger partial charge on any atom is 0.273 e. The molecular weight excluding hydrogens is 242 g/mol. The predicted molar refractivity (Wildman–Crippen MR) is 60.3 cm³/mol. The summed E-state index contributed by atoms with van der Waals surface area (Å²) in [5.74, 6) is 0.359. The molecule has 0 atom stereocenters. The van der Waals surface area contributed by atoms with Gasteiger partial charge in [0.1, 0.15) is 5.69 Å². The SMILES string of the molecule is Cc1cccc(-c2nnc(S(N)(=O)=O)n2C)n1. The molecule has 0 aliphatic rings. The van der Waals surface area contributed by atoms with Gasteiger partial charge in [0.2, 0.25) is 0 Å². The Bertz CT molecular complexity index is 662. The minimum atomic E-state index is -3.87. The molecule has 0 radical (unpaired) electrons. The zero-order chi connectivity index (χ0) is 12.6. The van der Waals surface area contributed by atoms with Crippen molar-refractivity contribution in [2.24, 2.45) is 12.2 Å². The Morgan fingerprint density at radius 2 is 2.00 bits per heavy atom. The zero-order valence-corrected chi connectivity index (χ0v) is 10.1. The summed E-state index contributed by atoms with van der Waals surface area (Å²) in [6.07, 6.45) is 0. The first-order valence-corrected chi connectivity index (χ1v) is 6.30. The van der Waals surface area contributed by atoms with Gasteiger partial charge in [0.15, 0.2) is 5.82 Å². The topological polar surface area (TPSA) is 104 Å². The highest BCUT2D eigenvalue weighted by atomic mass is 32.2. The van der Waals surface area contributed by atoms with Crippen LogP contribution in [0.4, 0.5) is 0 Å². The standard InChI is InChI=1S/C9H11N5O2S/c1-6-4-3-5-7(11-6)8-12-13-9(14(8)2)17(10,15)16/h3-5H,1-2H3,(H2,10,15,16). The van der Waals surface area contributed by atoms with Crippen LogP contribution in [0.5, 0.6) is 0 Å². The third-order valence-corrected chi connectivity index (χ3v) is 3.07. The molecule has 90 valence electrons. The van der Waals surface area contributed by atoms with Crippen molar-refractivity contribution in [3.63, 3.8) is 0 Å². The number of aromatic nitrogens is 4. The van der Waals surface area contributed by atoms with Crippen LogP contribution in [0.2, 0.25) is 0 Å². The van der Waals surface area contributed by atoms with Crippen LogP contribution < -0.4 is 5.14 Å². The molecule has 8 heteroatoms. The van der Waals surface area contributed by atoms with E-state index in [2.05, 4.69) is 15.2 Å². The lowest BCUT2D eigenvalue weighted by atomic mass is 10.3. The van der Waals surface area contributed by atoms with Crippen LogP contribution in [0.1, 0.15) is 5.69 Å². The van der Waals surface area contributed by atoms with Crippen LogP contribution in [-0.4, -0.2) is 28.2 Å². The number of hydrogen-bond donors (Lipinski definition) is 1. The normalized spacial score (nSPS) is 11.7. The average molecular weight is 253 g/mol. The molecule has 2 N–H and O–H groups in total. The quantitative estimate of drug-likeness (QED) is 0.800. The van der Waals surface area contributed by atoms with Gasteiger partial charge in [0.05, 0.1) is 0 Å². The van der Waals surface area contributed by atoms with Crippen molar-refractivity contribution in [1.82, 2.24) is 19.7 Å². The van der Waals surface area contributed by atoms with Crippen molar-refractivity contribution < 1.29 is 8.42 Å². The highest BCUT2D eigenvalue weighted by Crippen LogP contribution is 2.16. The second-order valence-corrected chi connectivity index (χ2v) is 5.03. The van der Waals surface area contributed by atoms with Gasteiger partial charge in [-0.15, -0.1) is 10.2 Å². The lowest BCUT2D eigenvalue weighted by Gasteiger charge is -2.02. The van der Waals surface area contributed by atoms with Gasteiger partial charge in [-0.3, -0.25) is 4.57 Å². The highest BCUT2D eigenvalue weighted by Gasteiger charge is 2.19. The Kier molecular flexibility index (Phi) is 2.68. The summed E-state index contributed by atoms with van der Waals surface area (Å²) >= 11 is 0. The van der Waals surface area contributed by atoms with Crippen LogP contribution in [-0.2, 0) is 17.1 Å². The molecular formula is C9H11N5O2S. The van der Waals surface area contributed by atoms with Crippen LogP contribution in [0.3, 0.4) is 0 Å². The molecule has 7 nitrogen and oxygen atoms in total. The summed E-state index contributed by atoms with van der Waals surface area (Å²) in [4.78, 5) is 4.24. The number of aryl methyl sites for hydroxylation is 1. The van der Waals surface area contributed by atoms with Gasteiger partial charge in [-0.25, -0.2) is 18.5 Å². The summed E-state index contributed by atoms with van der Waals surface area (Å²) in [5.41, 5.74) is 1.36. The minimum Gasteiger partial charge on any atom is -0.299 e. The molecule has 0 bridgehead atoms. The second-order valence-electron chi connectivity index (χ2n) is 3.57. The summed E-state index contributed by atoms with van der Waals surface area (Å²) in [7, 11) is -2.34. The van der Waals surface area contributed by atoms with Gasteiger partial charge in [-0.1, -0.05) is 6.07 Å². The van der Waals surface area contributed by atoms with Crippen LogP contribution >= 0.6 is 0 Å². The Hall–Kier alpha value is -1.80. The molecule has 2 rings (SSSR count). The number of sulfonamides is 1. The van der Waals surface area contributed by atoms with Crippen LogP contribution in [0.15, 0.2) is 23.4 Å². The van der Waals surface area contributed by atoms with Crippen molar-refractivity contribution in [3.05, 3.63) is 23.9 Å². The summed E-state index contributed by atoms with van der Waals surface area (Å²) in [6, 6.07) is 5.37. The van der Waals surface area contributed by atoms with Crippen molar-refractivity contribution in [1.29, 1.82) is 0 Å². The molecule has 2 aromatic rings. The van der Waals surface area contributed by atoms with E-state index in [-0.39, 0.29) is 5.16 Å². The average Bonchev–Trinajstić information content (AvgIpc) is 2.59. The van der Waals surface area contributed by atoms with Crippen molar-refractivity contribution in [2.75, 3.05) is 0 Å². The summed E-state index contributed by atoms with van der Waals surface area (Å²) in [5, 5.41) is 12.1. The number of pyridine rings is 1. The second kappa shape index (κ2) is 3.90. The van der Waals surface area contributed by atoms with E-state index in [4.69, 9.17) is 5.14 Å². The molecule has 0 fully saturated rings. The van der Waals surface area contributed by atoms with E-state index in [0.717, 1.165) is 5.69 Å². The Morgan fingerprint density at radius 3 is 2.53 bits per heavy atom. The lowest BCUT2D eigenvalue weighted by molar-refractivity contribution is 0.580. The van der Waals surface area contributed by atoms with E-state index >= 15 is 0 Å². The minimum absolute atomic E-state index is 0.282. The first kappa shape index (κ1) is 11.7. The molecule has 0 saturated heterocycles. The molecule has 0 saturated carbocycles. The van der Waals surface area contributed by atoms with Gasteiger partial charge >= 0.3 is 0 Å². The van der Waals surface area contributed by atoms with E-state index in [1.165, 1.54) is 11.6 Å². The van der Waals surface area contributed by atoms with Gasteiger partial charge in [0, 0.05) is 12.7 Å². The third kappa shape index (κ3) is 2.17. The maximum atomic E-state index is 11.2. The number of nitrogens with two attached hydrogens (primary N) is 1. The summed E-state index contributed by atoms with van der Waals surface area (Å²) in [6.45, 7) is 1.83. The molecule has 2 aromatic heterocycles. The fourth-order valence-electron chi connectivity index (χ4n) is 1.45. The van der Waals surface area contributed by atoms with E-state index in [9.17, 15) is 8.42 Å². The van der Waals surface area contributed by atoms with E-state index < -0.39 is 10.0 Å². The number of rotatable bonds is 2. The molecule has 0 aliphatic heterocycles. The van der Waals surface area contributed by atoms with Gasteiger partial charge in [-0.2, -0.15) is 0 Å². The molecule has 0 aliphatic carbocycles. The van der Waals surface area contributed by atoms with Crippen molar-refractivity contribution >= 4 is 10.0 Å². The van der Waals surface area contributed by atoms with Gasteiger partial charge in [0.25, 0.3) is 15.2 Å². The largest absolute Gasteiger partial charge is 0.299 e. The van der Waals surface area contributed by atoms with Crippen molar-refractivity contribution in [3.8, 4) is 11.5 Å². The monoisotopic (exact) mass is 253 g/mol. The number of nitrogens with zero attached hydrogens (tertiary/aromatic N) is 4. The summed E-state index contributed by atoms with van der Waals surface area (Å²) < 4.78 is 23.7. The van der Waals surface area contributed by atoms with E-state index in [1.807, 2.05) is 19.1 Å². The van der Waals surface area contributed by atoms with Crippen LogP contribution in [0, 0.1) is 6.92 Å². The third-order valence-electron chi connectivity index (χ3n) is 2.21.